The van der Waals surface area contributed by atoms with Gasteiger partial charge < -0.3 is 9.64 Å². The van der Waals surface area contributed by atoms with Crippen molar-refractivity contribution in [3.05, 3.63) is 35.9 Å². The first-order valence-corrected chi connectivity index (χ1v) is 8.14. The molecule has 0 spiro atoms. The van der Waals surface area contributed by atoms with Gasteiger partial charge in [0.1, 0.15) is 6.61 Å². The smallest absolute Gasteiger partial charge is 0.410 e. The lowest BCUT2D eigenvalue weighted by molar-refractivity contribution is 0.00392. The van der Waals surface area contributed by atoms with E-state index in [1.165, 1.54) is 6.42 Å². The molecule has 1 amide bonds. The van der Waals surface area contributed by atoms with Gasteiger partial charge in [0.05, 0.1) is 6.07 Å². The summed E-state index contributed by atoms with van der Waals surface area (Å²) in [6.07, 6.45) is 5.58. The van der Waals surface area contributed by atoms with Crippen LogP contribution in [0.3, 0.4) is 0 Å². The van der Waals surface area contributed by atoms with Gasteiger partial charge >= 0.3 is 6.09 Å². The SMILES string of the molecule is N#CCC1CC2CCCC(C1)N2C(=O)OCc1ccccc1. The first-order valence-electron chi connectivity index (χ1n) is 8.14. The Morgan fingerprint density at radius 2 is 1.91 bits per heavy atom. The van der Waals surface area contributed by atoms with Crippen LogP contribution in [0.5, 0.6) is 0 Å². The van der Waals surface area contributed by atoms with Gasteiger partial charge in [0.15, 0.2) is 0 Å². The highest BCUT2D eigenvalue weighted by Crippen LogP contribution is 2.38. The van der Waals surface area contributed by atoms with E-state index in [1.54, 1.807) is 0 Å². The first-order chi connectivity index (χ1) is 10.8. The summed E-state index contributed by atoms with van der Waals surface area (Å²) >= 11 is 0. The number of nitriles is 1. The molecule has 0 aromatic heterocycles. The fourth-order valence-electron chi connectivity index (χ4n) is 3.88. The number of nitrogens with zero attached hydrogens (tertiary/aromatic N) is 2. The molecule has 22 heavy (non-hydrogen) atoms. The second kappa shape index (κ2) is 6.83. The Kier molecular flexibility index (Phi) is 4.62. The maximum atomic E-state index is 12.5. The minimum atomic E-state index is -0.186. The van der Waals surface area contributed by atoms with Crippen LogP contribution in [0.25, 0.3) is 0 Å². The van der Waals surface area contributed by atoms with Gasteiger partial charge in [-0.1, -0.05) is 30.3 Å². The van der Waals surface area contributed by atoms with Crippen molar-refractivity contribution in [2.75, 3.05) is 0 Å². The molecule has 1 aromatic carbocycles. The average molecular weight is 298 g/mol. The van der Waals surface area contributed by atoms with Crippen LogP contribution in [0.2, 0.25) is 0 Å². The Balaban J connectivity index is 1.61. The second-order valence-electron chi connectivity index (χ2n) is 6.39. The number of carbonyl (C=O) groups is 1. The van der Waals surface area contributed by atoms with Gasteiger partial charge in [-0.25, -0.2) is 4.79 Å². The number of amides is 1. The molecular weight excluding hydrogens is 276 g/mol. The monoisotopic (exact) mass is 298 g/mol. The van der Waals surface area contributed by atoms with E-state index < -0.39 is 0 Å². The Morgan fingerprint density at radius 1 is 1.23 bits per heavy atom. The van der Waals surface area contributed by atoms with Gasteiger partial charge in [0, 0.05) is 18.5 Å². The summed E-state index contributed by atoms with van der Waals surface area (Å²) < 4.78 is 5.52. The van der Waals surface area contributed by atoms with Crippen molar-refractivity contribution in [2.45, 2.75) is 57.2 Å². The topological polar surface area (TPSA) is 53.3 Å². The Hall–Kier alpha value is -2.02. The number of ether oxygens (including phenoxy) is 1. The summed E-state index contributed by atoms with van der Waals surface area (Å²) in [5.74, 6) is 0.443. The molecular formula is C18H22N2O2. The molecule has 4 nitrogen and oxygen atoms in total. The zero-order chi connectivity index (χ0) is 15.4. The molecule has 2 heterocycles. The fourth-order valence-corrected chi connectivity index (χ4v) is 3.88. The largest absolute Gasteiger partial charge is 0.445 e. The Bertz CT molecular complexity index is 538. The van der Waals surface area contributed by atoms with E-state index in [1.807, 2.05) is 35.2 Å². The average Bonchev–Trinajstić information content (AvgIpc) is 2.53. The summed E-state index contributed by atoms with van der Waals surface area (Å²) in [6, 6.07) is 12.6. The molecule has 2 atom stereocenters. The third-order valence-electron chi connectivity index (χ3n) is 4.87. The maximum Gasteiger partial charge on any atom is 0.410 e. The van der Waals surface area contributed by atoms with E-state index in [9.17, 15) is 4.79 Å². The minimum Gasteiger partial charge on any atom is -0.445 e. The van der Waals surface area contributed by atoms with Gasteiger partial charge in [0.2, 0.25) is 0 Å². The van der Waals surface area contributed by atoms with E-state index in [2.05, 4.69) is 6.07 Å². The molecule has 0 N–H and O–H groups in total. The zero-order valence-corrected chi connectivity index (χ0v) is 12.8. The predicted octanol–water partition coefficient (Wildman–Crippen LogP) is 3.87. The first kappa shape index (κ1) is 14.9. The Labute approximate surface area is 131 Å². The number of hydrogen-bond acceptors (Lipinski definition) is 3. The summed E-state index contributed by atoms with van der Waals surface area (Å²) in [7, 11) is 0. The summed E-state index contributed by atoms with van der Waals surface area (Å²) in [4.78, 5) is 14.4. The van der Waals surface area contributed by atoms with Crippen LogP contribution in [0.15, 0.2) is 30.3 Å². The molecule has 2 saturated heterocycles. The van der Waals surface area contributed by atoms with Crippen LogP contribution in [0.1, 0.15) is 44.1 Å². The molecule has 4 heteroatoms. The van der Waals surface area contributed by atoms with Crippen molar-refractivity contribution < 1.29 is 9.53 Å². The van der Waals surface area contributed by atoms with Crippen molar-refractivity contribution in [3.63, 3.8) is 0 Å². The second-order valence-corrected chi connectivity index (χ2v) is 6.39. The van der Waals surface area contributed by atoms with E-state index in [0.717, 1.165) is 31.2 Å². The highest BCUT2D eigenvalue weighted by atomic mass is 16.6. The van der Waals surface area contributed by atoms with Crippen LogP contribution < -0.4 is 0 Å². The quantitative estimate of drug-likeness (QED) is 0.851. The number of piperidine rings is 2. The zero-order valence-electron chi connectivity index (χ0n) is 12.8. The van der Waals surface area contributed by atoms with Gasteiger partial charge in [-0.2, -0.15) is 5.26 Å². The number of rotatable bonds is 3. The summed E-state index contributed by atoms with van der Waals surface area (Å²) in [5.41, 5.74) is 1.01. The van der Waals surface area contributed by atoms with Crippen molar-refractivity contribution in [3.8, 4) is 6.07 Å². The lowest BCUT2D eigenvalue weighted by atomic mass is 9.77. The number of carbonyl (C=O) groups excluding carboxylic acids is 1. The van der Waals surface area contributed by atoms with Gasteiger partial charge in [-0.3, -0.25) is 0 Å². The molecule has 2 unspecified atom stereocenters. The van der Waals surface area contributed by atoms with Crippen LogP contribution in [-0.4, -0.2) is 23.1 Å². The lowest BCUT2D eigenvalue weighted by Crippen LogP contribution is -2.54. The molecule has 2 bridgehead atoms. The highest BCUT2D eigenvalue weighted by Gasteiger charge is 2.41. The molecule has 2 aliphatic rings. The Morgan fingerprint density at radius 3 is 2.55 bits per heavy atom. The maximum absolute atomic E-state index is 12.5. The normalized spacial score (nSPS) is 27.0. The van der Waals surface area contributed by atoms with Crippen LogP contribution in [0, 0.1) is 17.2 Å². The molecule has 0 saturated carbocycles. The molecule has 116 valence electrons. The van der Waals surface area contributed by atoms with Crippen molar-refractivity contribution in [2.24, 2.45) is 5.92 Å². The van der Waals surface area contributed by atoms with Gasteiger partial charge in [-0.05, 0) is 43.6 Å². The fraction of sp³-hybridized carbons (Fsp3) is 0.556. The predicted molar refractivity (Wildman–Crippen MR) is 82.8 cm³/mol. The van der Waals surface area contributed by atoms with Gasteiger partial charge in [-0.15, -0.1) is 0 Å². The standard InChI is InChI=1S/C18H22N2O2/c19-10-9-15-11-16-7-4-8-17(12-15)20(16)18(21)22-13-14-5-2-1-3-6-14/h1-3,5-6,15-17H,4,7-9,11-13H2. The lowest BCUT2D eigenvalue weighted by Gasteiger charge is -2.47. The molecule has 2 fully saturated rings. The van der Waals surface area contributed by atoms with Crippen LogP contribution in [-0.2, 0) is 11.3 Å². The number of hydrogen-bond donors (Lipinski definition) is 0. The molecule has 2 aliphatic heterocycles. The minimum absolute atomic E-state index is 0.186. The van der Waals surface area contributed by atoms with E-state index in [4.69, 9.17) is 10.00 Å². The number of fused-ring (bicyclic) bond motifs is 2. The van der Waals surface area contributed by atoms with Gasteiger partial charge in [0.25, 0.3) is 0 Å². The summed E-state index contributed by atoms with van der Waals surface area (Å²) in [5, 5.41) is 8.91. The van der Waals surface area contributed by atoms with Crippen LogP contribution in [0.4, 0.5) is 4.79 Å². The van der Waals surface area contributed by atoms with E-state index >= 15 is 0 Å². The van der Waals surface area contributed by atoms with Crippen molar-refractivity contribution in [1.82, 2.24) is 4.90 Å². The molecule has 3 rings (SSSR count). The van der Waals surface area contributed by atoms with E-state index in [-0.39, 0.29) is 18.2 Å². The van der Waals surface area contributed by atoms with Crippen molar-refractivity contribution >= 4 is 6.09 Å². The molecule has 0 aliphatic carbocycles. The number of benzene rings is 1. The highest BCUT2D eigenvalue weighted by molar-refractivity contribution is 5.69. The van der Waals surface area contributed by atoms with Crippen molar-refractivity contribution in [1.29, 1.82) is 5.26 Å². The third-order valence-corrected chi connectivity index (χ3v) is 4.87. The molecule has 1 aromatic rings. The van der Waals surface area contributed by atoms with E-state index in [0.29, 0.717) is 18.9 Å². The third kappa shape index (κ3) is 3.24. The summed E-state index contributed by atoms with van der Waals surface area (Å²) in [6.45, 7) is 0.331. The molecule has 0 radical (unpaired) electrons. The van der Waals surface area contributed by atoms with Crippen LogP contribution >= 0.6 is 0 Å².